The summed E-state index contributed by atoms with van der Waals surface area (Å²) in [6.45, 7) is 22.7. The van der Waals surface area contributed by atoms with Crippen molar-refractivity contribution in [1.29, 1.82) is 0 Å². The van der Waals surface area contributed by atoms with Gasteiger partial charge in [-0.3, -0.25) is 0 Å². The summed E-state index contributed by atoms with van der Waals surface area (Å²) in [7, 11) is 0. The molecule has 414 valence electrons. The van der Waals surface area contributed by atoms with Gasteiger partial charge in [0.25, 0.3) is 0 Å². The van der Waals surface area contributed by atoms with E-state index in [1.165, 1.54) is 191 Å². The molecule has 0 aliphatic carbocycles. The van der Waals surface area contributed by atoms with Crippen molar-refractivity contribution in [2.45, 2.75) is 275 Å². The molecule has 0 N–H and O–H groups in total. The number of hydrogen-bond donors (Lipinski definition) is 0. The van der Waals surface area contributed by atoms with E-state index in [-0.39, 0.29) is 16.5 Å². The molecule has 0 saturated heterocycles. The second-order valence-corrected chi connectivity index (χ2v) is 21.5. The van der Waals surface area contributed by atoms with Crippen molar-refractivity contribution in [3.8, 4) is 11.8 Å². The quantitative estimate of drug-likeness (QED) is 0.0149. The summed E-state index contributed by atoms with van der Waals surface area (Å²) in [5.41, 5.74) is 31.5. The Morgan fingerprint density at radius 1 is 0.400 bits per heavy atom. The predicted octanol–water partition coefficient (Wildman–Crippen LogP) is 22.0. The Kier molecular flexibility index (Phi) is 37.7. The van der Waals surface area contributed by atoms with Gasteiger partial charge in [0, 0.05) is 23.1 Å². The summed E-state index contributed by atoms with van der Waals surface area (Å²) in [5, 5.41) is 0. The molecular weight excluding hydrogens is 951 g/mol. The van der Waals surface area contributed by atoms with Gasteiger partial charge in [0.2, 0.25) is 11.4 Å². The van der Waals surface area contributed by atoms with Crippen LogP contribution in [0.1, 0.15) is 278 Å². The molecule has 75 heavy (non-hydrogen) atoms. The van der Waals surface area contributed by atoms with Crippen LogP contribution in [-0.2, 0) is 55.0 Å². The van der Waals surface area contributed by atoms with Gasteiger partial charge in [-0.15, -0.1) is 0 Å². The van der Waals surface area contributed by atoms with Gasteiger partial charge in [-0.2, -0.15) is 71.8 Å². The van der Waals surface area contributed by atoms with Crippen LogP contribution in [0.2, 0.25) is 0 Å². The third kappa shape index (κ3) is 24.9. The van der Waals surface area contributed by atoms with Crippen LogP contribution in [0.25, 0.3) is 16.9 Å². The summed E-state index contributed by atoms with van der Waals surface area (Å²) in [5.74, 6) is 7.58. The molecule has 0 fully saturated rings. The molecule has 2 nitrogen and oxygen atoms in total. The first-order chi connectivity index (χ1) is 36.2. The van der Waals surface area contributed by atoms with Gasteiger partial charge >= 0.3 is 16.5 Å². The zero-order valence-electron chi connectivity index (χ0n) is 49.8. The fourth-order valence-corrected chi connectivity index (χ4v) is 10.3. The van der Waals surface area contributed by atoms with E-state index in [1.807, 2.05) is 48.5 Å². The van der Waals surface area contributed by atoms with Crippen molar-refractivity contribution in [2.75, 3.05) is 0 Å². The van der Waals surface area contributed by atoms with Crippen LogP contribution in [0.3, 0.4) is 0 Å². The minimum atomic E-state index is 0. The summed E-state index contributed by atoms with van der Waals surface area (Å²) in [4.78, 5) is 0. The summed E-state index contributed by atoms with van der Waals surface area (Å²) in [6, 6.07) is 31.6. The first-order valence-corrected chi connectivity index (χ1v) is 30.8. The van der Waals surface area contributed by atoms with Crippen molar-refractivity contribution < 1.29 is 21.2 Å². The molecule has 1 aliphatic heterocycles. The third-order valence-electron chi connectivity index (χ3n) is 14.8. The number of allylic oxidation sites excluding steroid dienone is 2. The van der Waals surface area contributed by atoms with Gasteiger partial charge in [0.1, 0.15) is 5.57 Å². The Hall–Kier alpha value is -3.99. The van der Waals surface area contributed by atoms with E-state index in [4.69, 9.17) is 0 Å². The zero-order chi connectivity index (χ0) is 53.6. The molecule has 0 saturated carbocycles. The summed E-state index contributed by atoms with van der Waals surface area (Å²) >= 11 is 0. The predicted molar refractivity (Wildman–Crippen MR) is 326 cm³/mol. The van der Waals surface area contributed by atoms with Gasteiger partial charge in [0.15, 0.2) is 0 Å². The Balaban J connectivity index is 0.00000110. The van der Waals surface area contributed by atoms with E-state index < -0.39 is 0 Å². The molecule has 0 spiro atoms. The first-order valence-electron chi connectivity index (χ1n) is 30.8. The van der Waals surface area contributed by atoms with Crippen molar-refractivity contribution in [3.05, 3.63) is 157 Å². The molecule has 4 aromatic rings. The largest absolute Gasteiger partial charge is 2.00 e. The fourth-order valence-electron chi connectivity index (χ4n) is 10.3. The van der Waals surface area contributed by atoms with Gasteiger partial charge in [-0.05, 0) is 154 Å². The number of unbranched alkanes of at least 4 members (excludes halogenated alkanes) is 17. The Bertz CT molecular complexity index is 2170. The number of rotatable bonds is 33. The molecule has 0 unspecified atom stereocenters. The molecule has 5 rings (SSSR count). The molecule has 4 aromatic carbocycles. The average Bonchev–Trinajstić information content (AvgIpc) is 3.69. The standard InChI is InChI=1S/C58H92N2.2C7H7.Ni/c1-9-17-25-27-29-30-32-34-42-56-55(41-33-31-28-26-18-10-2)57(51-43-47(35-19-11-3)53(39-23-15-7)48(44-51)36-20-12-4)60(59)58(56)52-45-49(37-21-13-5)54(40-24-16-8)50(46-52)38-22-14-6;2*1-7-5-3-2-4-6-7;/h43-46H,9-33,35-41H2,1-8H3;2*3-6H,1H3;/q;2*-1;+2. The van der Waals surface area contributed by atoms with Crippen molar-refractivity contribution >= 4 is 11.4 Å². The van der Waals surface area contributed by atoms with Crippen LogP contribution in [0.4, 0.5) is 0 Å². The fraction of sp³-hybridized carbons (Fsp3) is 0.583. The Morgan fingerprint density at radius 3 is 1.09 bits per heavy atom. The van der Waals surface area contributed by atoms with E-state index in [2.05, 4.69) is 117 Å². The van der Waals surface area contributed by atoms with E-state index in [0.717, 1.165) is 81.2 Å². The SMILES string of the molecule is CCCCCCCCC#CC1=C(c2cc(CCCC)c(CCCC)c(CCCC)c2)[N+](=[N-])C(c2cc(CCCC)c(CCCC)c(CCCC)c2)=C1CCCCCCCC.Cc1cc[c-]cc1.Cc1cc[c-]cc1.[Ni+2]. The maximum atomic E-state index is 13.0. The molecule has 1 aliphatic rings. The van der Waals surface area contributed by atoms with Crippen molar-refractivity contribution in [3.63, 3.8) is 0 Å². The van der Waals surface area contributed by atoms with Crippen molar-refractivity contribution in [1.82, 2.24) is 0 Å². The van der Waals surface area contributed by atoms with E-state index in [0.29, 0.717) is 0 Å². The van der Waals surface area contributed by atoms with Crippen LogP contribution in [0.15, 0.2) is 83.9 Å². The maximum Gasteiger partial charge on any atom is 2.00 e. The molecule has 0 amide bonds. The van der Waals surface area contributed by atoms with Crippen LogP contribution >= 0.6 is 0 Å². The van der Waals surface area contributed by atoms with Crippen LogP contribution < -0.4 is 0 Å². The second kappa shape index (κ2) is 42.1. The van der Waals surface area contributed by atoms with Gasteiger partial charge in [0.05, 0.1) is 0 Å². The monoisotopic (exact) mass is 1060 g/mol. The molecule has 0 bridgehead atoms. The Labute approximate surface area is 473 Å². The maximum absolute atomic E-state index is 13.0. The molecule has 0 radical (unpaired) electrons. The molecule has 1 heterocycles. The number of hydrogen-bond acceptors (Lipinski definition) is 0. The van der Waals surface area contributed by atoms with Crippen molar-refractivity contribution in [2.24, 2.45) is 0 Å². The topological polar surface area (TPSA) is 25.3 Å². The summed E-state index contributed by atoms with van der Waals surface area (Å²) in [6.07, 6.45) is 38.3. The van der Waals surface area contributed by atoms with Crippen LogP contribution in [0, 0.1) is 37.8 Å². The first kappa shape index (κ1) is 67.1. The normalized spacial score (nSPS) is 11.9. The van der Waals surface area contributed by atoms with E-state index in [1.54, 1.807) is 15.8 Å². The van der Waals surface area contributed by atoms with Gasteiger partial charge in [-0.25, -0.2) is 4.70 Å². The third-order valence-corrected chi connectivity index (χ3v) is 14.8. The minimum Gasteiger partial charge on any atom is -0.493 e. The number of nitrogens with zero attached hydrogens (tertiary/aromatic N) is 2. The van der Waals surface area contributed by atoms with Crippen LogP contribution in [-0.4, -0.2) is 4.70 Å². The molecule has 3 heteroatoms. The van der Waals surface area contributed by atoms with Gasteiger partial charge < -0.3 is 5.53 Å². The Morgan fingerprint density at radius 2 is 0.733 bits per heavy atom. The average molecular weight is 1060 g/mol. The summed E-state index contributed by atoms with van der Waals surface area (Å²) < 4.78 is 1.66. The van der Waals surface area contributed by atoms with Gasteiger partial charge in [-0.1, -0.05) is 184 Å². The van der Waals surface area contributed by atoms with Crippen LogP contribution in [0.5, 0.6) is 0 Å². The van der Waals surface area contributed by atoms with E-state index in [9.17, 15) is 5.53 Å². The molecular formula is C72H106N2Ni. The molecule has 0 atom stereocenters. The second-order valence-electron chi connectivity index (χ2n) is 21.5. The minimum absolute atomic E-state index is 0. The zero-order valence-corrected chi connectivity index (χ0v) is 50.8. The van der Waals surface area contributed by atoms with E-state index >= 15 is 0 Å². The number of aryl methyl sites for hydroxylation is 6. The number of benzene rings is 4. The smallest absolute Gasteiger partial charge is 0.493 e. The molecule has 0 aromatic heterocycles.